The lowest BCUT2D eigenvalue weighted by Crippen LogP contribution is -2.64. The van der Waals surface area contributed by atoms with Crippen molar-refractivity contribution in [2.45, 2.75) is 68.3 Å². The molecule has 34 heavy (non-hydrogen) atoms. The predicted octanol–water partition coefficient (Wildman–Crippen LogP) is -2.14. The van der Waals surface area contributed by atoms with Crippen LogP contribution >= 0.6 is 0 Å². The molecule has 0 aliphatic carbocycles. The van der Waals surface area contributed by atoms with Crippen LogP contribution in [0.5, 0.6) is 11.5 Å². The summed E-state index contributed by atoms with van der Waals surface area (Å²) in [6, 6.07) is 3.66. The van der Waals surface area contributed by atoms with E-state index in [9.17, 15) is 35.4 Å². The van der Waals surface area contributed by atoms with E-state index in [4.69, 9.17) is 23.7 Å². The Morgan fingerprint density at radius 2 is 1.68 bits per heavy atom. The van der Waals surface area contributed by atoms with Crippen LogP contribution in [0.4, 0.5) is 0 Å². The highest BCUT2D eigenvalue weighted by Gasteiger charge is 2.51. The molecule has 6 N–H and O–H groups in total. The Hall–Kier alpha value is -2.07. The molecule has 0 spiro atoms. The van der Waals surface area contributed by atoms with E-state index in [0.717, 1.165) is 6.07 Å². The molecule has 10 atom stereocenters. The first-order chi connectivity index (χ1) is 16.1. The maximum atomic E-state index is 11.7. The van der Waals surface area contributed by atoms with Gasteiger partial charge in [-0.2, -0.15) is 0 Å². The number of carbonyl (C=O) groups is 1. The number of rotatable bonds is 7. The summed E-state index contributed by atoms with van der Waals surface area (Å²) in [5.74, 6) is -1.32. The van der Waals surface area contributed by atoms with E-state index in [1.807, 2.05) is 0 Å². The number of aliphatic hydroxyl groups is 5. The number of phenols is 1. The van der Waals surface area contributed by atoms with Crippen LogP contribution in [0.3, 0.4) is 0 Å². The molecule has 13 heteroatoms. The van der Waals surface area contributed by atoms with E-state index >= 15 is 0 Å². The zero-order valence-corrected chi connectivity index (χ0v) is 18.8. The number of methoxy groups -OCH3 is 2. The van der Waals surface area contributed by atoms with Crippen molar-refractivity contribution in [2.24, 2.45) is 0 Å². The Morgan fingerprint density at radius 3 is 2.26 bits per heavy atom. The van der Waals surface area contributed by atoms with Crippen molar-refractivity contribution in [1.82, 2.24) is 0 Å². The fourth-order valence-electron chi connectivity index (χ4n) is 3.83. The third-order valence-electron chi connectivity index (χ3n) is 5.79. The van der Waals surface area contributed by atoms with Gasteiger partial charge in [-0.1, -0.05) is 0 Å². The minimum Gasteiger partial charge on any atom is -0.504 e. The van der Waals surface area contributed by atoms with Gasteiger partial charge in [-0.3, -0.25) is 0 Å². The highest BCUT2D eigenvalue weighted by atomic mass is 16.8. The smallest absolute Gasteiger partial charge is 0.337 e. The van der Waals surface area contributed by atoms with Gasteiger partial charge in [-0.05, 0) is 25.1 Å². The molecule has 2 fully saturated rings. The molecule has 0 saturated carbocycles. The molecular formula is C21H30O13. The van der Waals surface area contributed by atoms with Gasteiger partial charge in [0, 0.05) is 7.11 Å². The van der Waals surface area contributed by atoms with E-state index in [1.54, 1.807) is 0 Å². The van der Waals surface area contributed by atoms with Gasteiger partial charge in [-0.25, -0.2) is 4.79 Å². The fraction of sp³-hybridized carbons (Fsp3) is 0.667. The van der Waals surface area contributed by atoms with Crippen LogP contribution in [0.2, 0.25) is 0 Å². The molecule has 1 aromatic rings. The van der Waals surface area contributed by atoms with Crippen molar-refractivity contribution >= 4 is 5.97 Å². The topological polar surface area (TPSA) is 194 Å². The highest BCUT2D eigenvalue weighted by Crippen LogP contribution is 2.34. The van der Waals surface area contributed by atoms with E-state index in [1.165, 1.54) is 33.3 Å². The molecule has 2 aliphatic heterocycles. The van der Waals surface area contributed by atoms with Gasteiger partial charge in [0.1, 0.15) is 36.6 Å². The van der Waals surface area contributed by atoms with Gasteiger partial charge < -0.3 is 59.1 Å². The lowest BCUT2D eigenvalue weighted by Gasteiger charge is -2.46. The minimum absolute atomic E-state index is 0.0466. The van der Waals surface area contributed by atoms with E-state index in [2.05, 4.69) is 4.74 Å². The van der Waals surface area contributed by atoms with Crippen LogP contribution in [0.25, 0.3) is 0 Å². The Morgan fingerprint density at radius 1 is 0.971 bits per heavy atom. The monoisotopic (exact) mass is 490 g/mol. The zero-order chi connectivity index (χ0) is 25.2. The van der Waals surface area contributed by atoms with Gasteiger partial charge in [0.15, 0.2) is 23.9 Å². The van der Waals surface area contributed by atoms with Crippen LogP contribution < -0.4 is 4.74 Å². The van der Waals surface area contributed by atoms with Gasteiger partial charge in [0.05, 0.1) is 25.4 Å². The van der Waals surface area contributed by atoms with Crippen LogP contribution in [0, 0.1) is 0 Å². The molecule has 1 aromatic carbocycles. The van der Waals surface area contributed by atoms with E-state index in [0.29, 0.717) is 0 Å². The summed E-state index contributed by atoms with van der Waals surface area (Å²) in [5.41, 5.74) is 0.0466. The molecule has 0 amide bonds. The summed E-state index contributed by atoms with van der Waals surface area (Å²) in [6.07, 6.45) is -13.5. The maximum Gasteiger partial charge on any atom is 0.337 e. The molecule has 0 radical (unpaired) electrons. The van der Waals surface area contributed by atoms with Crippen LogP contribution in [0.15, 0.2) is 18.2 Å². The number of phenolic OH excluding ortho intramolecular Hbond substituents is 1. The Bertz CT molecular complexity index is 835. The standard InChI is InChI=1S/C21H30O13/c1-8-13(24)17(29-2)16(27)20(31-8)34-18-15(26)14(25)12(7-22)33-21(18)32-11-5-4-9(6-10(11)23)19(28)30-3/h4-6,8,12-18,20-27H,7H2,1-3H3/t8-,12+,13-,14+,15+,16+,17+,18+,20-,21+/m0/s1. The number of carbonyl (C=O) groups excluding carboxylic acids is 1. The predicted molar refractivity (Wildman–Crippen MR) is 110 cm³/mol. The number of aliphatic hydroxyl groups excluding tert-OH is 5. The summed E-state index contributed by atoms with van der Waals surface area (Å²) in [4.78, 5) is 11.7. The van der Waals surface area contributed by atoms with E-state index < -0.39 is 79.7 Å². The normalized spacial score (nSPS) is 38.4. The fourth-order valence-corrected chi connectivity index (χ4v) is 3.83. The number of esters is 1. The van der Waals surface area contributed by atoms with Crippen molar-refractivity contribution in [3.63, 3.8) is 0 Å². The number of benzene rings is 1. The number of hydrogen-bond donors (Lipinski definition) is 6. The van der Waals surface area contributed by atoms with Gasteiger partial charge >= 0.3 is 5.97 Å². The SMILES string of the molecule is COC(=O)c1ccc(O[C@@H]2O[C@H](CO)[C@@H](O)[C@@H](O)[C@H]2O[C@@H]2O[C@@H](C)[C@H](O)[C@@H](OC)[C@H]2O)c(O)c1. The molecule has 0 aromatic heterocycles. The van der Waals surface area contributed by atoms with Crippen molar-refractivity contribution in [2.75, 3.05) is 20.8 Å². The first-order valence-electron chi connectivity index (χ1n) is 10.5. The van der Waals surface area contributed by atoms with Crippen LogP contribution in [-0.4, -0.2) is 119 Å². The average Bonchev–Trinajstić information content (AvgIpc) is 2.82. The lowest BCUT2D eigenvalue weighted by molar-refractivity contribution is -0.356. The molecule has 2 heterocycles. The molecule has 192 valence electrons. The molecular weight excluding hydrogens is 460 g/mol. The summed E-state index contributed by atoms with van der Waals surface area (Å²) < 4.78 is 32.1. The molecule has 13 nitrogen and oxygen atoms in total. The zero-order valence-electron chi connectivity index (χ0n) is 18.8. The van der Waals surface area contributed by atoms with E-state index in [-0.39, 0.29) is 11.3 Å². The minimum atomic E-state index is -1.67. The molecule has 3 rings (SSSR count). The lowest BCUT2D eigenvalue weighted by atomic mass is 9.97. The van der Waals surface area contributed by atoms with Crippen molar-refractivity contribution in [1.29, 1.82) is 0 Å². The first-order valence-corrected chi connectivity index (χ1v) is 10.5. The number of hydrogen-bond acceptors (Lipinski definition) is 13. The molecule has 2 aliphatic rings. The maximum absolute atomic E-state index is 11.7. The second-order valence-corrected chi connectivity index (χ2v) is 7.99. The third-order valence-corrected chi connectivity index (χ3v) is 5.79. The summed E-state index contributed by atoms with van der Waals surface area (Å²) in [6.45, 7) is 0.855. The Labute approximate surface area is 195 Å². The second-order valence-electron chi connectivity index (χ2n) is 7.99. The van der Waals surface area contributed by atoms with Crippen LogP contribution in [-0.2, 0) is 23.7 Å². The molecule has 0 bridgehead atoms. The summed E-state index contributed by atoms with van der Waals surface area (Å²) >= 11 is 0. The summed E-state index contributed by atoms with van der Waals surface area (Å²) in [7, 11) is 2.46. The quantitative estimate of drug-likeness (QED) is 0.227. The third kappa shape index (κ3) is 5.27. The molecule has 2 saturated heterocycles. The second kappa shape index (κ2) is 11.1. The van der Waals surface area contributed by atoms with Gasteiger partial charge in [-0.15, -0.1) is 0 Å². The Kier molecular flexibility index (Phi) is 8.67. The average molecular weight is 490 g/mol. The van der Waals surface area contributed by atoms with Gasteiger partial charge in [0.2, 0.25) is 6.29 Å². The van der Waals surface area contributed by atoms with Gasteiger partial charge in [0.25, 0.3) is 0 Å². The van der Waals surface area contributed by atoms with Crippen LogP contribution in [0.1, 0.15) is 17.3 Å². The van der Waals surface area contributed by atoms with Crippen molar-refractivity contribution in [3.8, 4) is 11.5 Å². The number of aromatic hydroxyl groups is 1. The highest BCUT2D eigenvalue weighted by molar-refractivity contribution is 5.90. The molecule has 0 unspecified atom stereocenters. The first kappa shape index (κ1) is 26.5. The van der Waals surface area contributed by atoms with Crippen molar-refractivity contribution in [3.05, 3.63) is 23.8 Å². The number of ether oxygens (including phenoxy) is 6. The Balaban J connectivity index is 1.85. The van der Waals surface area contributed by atoms with Crippen molar-refractivity contribution < 1.29 is 63.9 Å². The largest absolute Gasteiger partial charge is 0.504 e. The summed E-state index contributed by atoms with van der Waals surface area (Å²) in [5, 5.41) is 61.5.